The van der Waals surface area contributed by atoms with Crippen LogP contribution in [0.2, 0.25) is 0 Å². The van der Waals surface area contributed by atoms with Crippen molar-refractivity contribution in [1.29, 1.82) is 0 Å². The van der Waals surface area contributed by atoms with Crippen LogP contribution < -0.4 is 0 Å². The van der Waals surface area contributed by atoms with Crippen molar-refractivity contribution in [2.24, 2.45) is 5.92 Å². The Hall–Kier alpha value is -0.680. The zero-order chi connectivity index (χ0) is 19.6. The average Bonchev–Trinajstić information content (AvgIpc) is 2.59. The van der Waals surface area contributed by atoms with Crippen molar-refractivity contribution in [3.8, 4) is 0 Å². The monoisotopic (exact) mass is 404 g/mol. The molecule has 5 nitrogen and oxygen atoms in total. The lowest BCUT2D eigenvalue weighted by molar-refractivity contribution is 0.219. The van der Waals surface area contributed by atoms with Gasteiger partial charge in [0.1, 0.15) is 0 Å². The quantitative estimate of drug-likeness (QED) is 0.409. The minimum atomic E-state index is -3.31. The second kappa shape index (κ2) is 11.2. The summed E-state index contributed by atoms with van der Waals surface area (Å²) in [5.41, 5.74) is 0.743. The summed E-state index contributed by atoms with van der Waals surface area (Å²) in [5, 5.41) is 0. The van der Waals surface area contributed by atoms with Crippen LogP contribution in [0, 0.1) is 5.92 Å². The number of hydrogen-bond donors (Lipinski definition) is 0. The number of hydrogen-bond acceptors (Lipinski definition) is 5. The van der Waals surface area contributed by atoms with Crippen molar-refractivity contribution in [3.05, 3.63) is 29.8 Å². The summed E-state index contributed by atoms with van der Waals surface area (Å²) in [6.07, 6.45) is 4.07. The van der Waals surface area contributed by atoms with Gasteiger partial charge in [0.05, 0.1) is 30.0 Å². The fourth-order valence-electron chi connectivity index (χ4n) is 2.85. The van der Waals surface area contributed by atoms with Crippen LogP contribution in [0.25, 0.3) is 0 Å². The van der Waals surface area contributed by atoms with Crippen LogP contribution in [0.5, 0.6) is 0 Å². The Balaban J connectivity index is 2.86. The maximum Gasteiger partial charge on any atom is 0.335 e. The average molecular weight is 405 g/mol. The van der Waals surface area contributed by atoms with Gasteiger partial charge in [0.25, 0.3) is 0 Å². The number of sulfone groups is 1. The van der Waals surface area contributed by atoms with E-state index in [1.807, 2.05) is 6.92 Å². The van der Waals surface area contributed by atoms with Gasteiger partial charge in [-0.05, 0) is 43.9 Å². The van der Waals surface area contributed by atoms with Crippen molar-refractivity contribution in [3.63, 3.8) is 0 Å². The van der Waals surface area contributed by atoms with Crippen LogP contribution in [-0.2, 0) is 29.6 Å². The van der Waals surface area contributed by atoms with Crippen LogP contribution in [0.15, 0.2) is 29.2 Å². The lowest BCUT2D eigenvalue weighted by Gasteiger charge is -2.17. The Morgan fingerprint density at radius 2 is 1.58 bits per heavy atom. The van der Waals surface area contributed by atoms with Gasteiger partial charge in [-0.2, -0.15) is 0 Å². The van der Waals surface area contributed by atoms with E-state index in [9.17, 15) is 13.0 Å². The first-order chi connectivity index (χ1) is 12.3. The van der Waals surface area contributed by atoms with Gasteiger partial charge in [0.2, 0.25) is 0 Å². The van der Waals surface area contributed by atoms with Gasteiger partial charge in [-0.15, -0.1) is 0 Å². The highest BCUT2D eigenvalue weighted by atomic mass is 32.2. The Morgan fingerprint density at radius 1 is 1.00 bits per heavy atom. The van der Waals surface area contributed by atoms with Gasteiger partial charge in [-0.25, -0.2) is 8.42 Å². The van der Waals surface area contributed by atoms with Crippen molar-refractivity contribution >= 4 is 17.4 Å². The van der Waals surface area contributed by atoms with E-state index in [-0.39, 0.29) is 17.8 Å². The first kappa shape index (κ1) is 23.4. The van der Waals surface area contributed by atoms with E-state index in [1.165, 1.54) is 0 Å². The summed E-state index contributed by atoms with van der Waals surface area (Å²) in [7, 11) is -6.50. The Morgan fingerprint density at radius 3 is 2.04 bits per heavy atom. The maximum absolute atomic E-state index is 12.7. The Bertz CT molecular complexity index is 660. The van der Waals surface area contributed by atoms with Gasteiger partial charge in [-0.3, -0.25) is 4.57 Å². The predicted octanol–water partition coefficient (Wildman–Crippen LogP) is 5.44. The molecule has 0 bridgehead atoms. The van der Waals surface area contributed by atoms with E-state index in [0.717, 1.165) is 31.2 Å². The molecule has 26 heavy (non-hydrogen) atoms. The smallest absolute Gasteiger partial charge is 0.309 e. The molecule has 0 saturated heterocycles. The first-order valence-corrected chi connectivity index (χ1v) is 12.9. The molecule has 0 heterocycles. The van der Waals surface area contributed by atoms with Gasteiger partial charge in [0.15, 0.2) is 9.84 Å². The summed E-state index contributed by atoms with van der Waals surface area (Å²) < 4.78 is 48.5. The molecule has 7 heteroatoms. The van der Waals surface area contributed by atoms with E-state index in [2.05, 4.69) is 6.92 Å². The highest BCUT2D eigenvalue weighted by Gasteiger charge is 2.25. The summed E-state index contributed by atoms with van der Waals surface area (Å²) >= 11 is 0. The van der Waals surface area contributed by atoms with E-state index < -0.39 is 17.4 Å². The Kier molecular flexibility index (Phi) is 10.1. The van der Waals surface area contributed by atoms with Crippen LogP contribution in [0.3, 0.4) is 0 Å². The molecule has 0 amide bonds. The summed E-state index contributed by atoms with van der Waals surface area (Å²) in [5.74, 6) is 0.370. The van der Waals surface area contributed by atoms with Gasteiger partial charge in [-0.1, -0.05) is 45.2 Å². The third-order valence-electron chi connectivity index (χ3n) is 4.31. The van der Waals surface area contributed by atoms with Crippen molar-refractivity contribution in [2.75, 3.05) is 19.0 Å². The van der Waals surface area contributed by atoms with Gasteiger partial charge >= 0.3 is 7.60 Å². The van der Waals surface area contributed by atoms with E-state index in [0.29, 0.717) is 18.1 Å². The minimum Gasteiger partial charge on any atom is -0.309 e. The normalized spacial score (nSPS) is 13.7. The van der Waals surface area contributed by atoms with E-state index in [4.69, 9.17) is 9.05 Å². The highest BCUT2D eigenvalue weighted by Crippen LogP contribution is 2.51. The van der Waals surface area contributed by atoms with Crippen molar-refractivity contribution in [2.45, 2.75) is 64.4 Å². The molecule has 0 saturated carbocycles. The first-order valence-electron chi connectivity index (χ1n) is 9.50. The zero-order valence-corrected chi connectivity index (χ0v) is 18.2. The molecule has 0 spiro atoms. The third-order valence-corrected chi connectivity index (χ3v) is 8.26. The molecule has 0 fully saturated rings. The largest absolute Gasteiger partial charge is 0.335 e. The van der Waals surface area contributed by atoms with Crippen LogP contribution >= 0.6 is 7.60 Å². The van der Waals surface area contributed by atoms with Gasteiger partial charge in [0, 0.05) is 0 Å². The molecule has 0 N–H and O–H groups in total. The van der Waals surface area contributed by atoms with Crippen LogP contribution in [-0.4, -0.2) is 27.4 Å². The molecule has 1 unspecified atom stereocenters. The molecule has 0 aliphatic rings. The summed E-state index contributed by atoms with van der Waals surface area (Å²) in [6, 6.07) is 6.59. The molecule has 150 valence electrons. The highest BCUT2D eigenvalue weighted by molar-refractivity contribution is 7.91. The Labute approximate surface area is 158 Å². The van der Waals surface area contributed by atoms with Crippen molar-refractivity contribution in [1.82, 2.24) is 0 Å². The summed E-state index contributed by atoms with van der Waals surface area (Å²) in [4.78, 5) is 0.318. The fraction of sp³-hybridized carbons (Fsp3) is 0.684. The van der Waals surface area contributed by atoms with Crippen LogP contribution in [0.4, 0.5) is 0 Å². The predicted molar refractivity (Wildman–Crippen MR) is 106 cm³/mol. The number of benzene rings is 1. The topological polar surface area (TPSA) is 69.7 Å². The lowest BCUT2D eigenvalue weighted by Crippen LogP contribution is -2.16. The number of rotatable bonds is 13. The second-order valence-electron chi connectivity index (χ2n) is 6.45. The van der Waals surface area contributed by atoms with Crippen LogP contribution in [0.1, 0.15) is 58.9 Å². The molecule has 1 atom stereocenters. The minimum absolute atomic E-state index is 0.142. The number of unbranched alkanes of at least 4 members (excludes halogenated alkanes) is 1. The van der Waals surface area contributed by atoms with E-state index in [1.54, 1.807) is 38.1 Å². The molecule has 0 aromatic heterocycles. The third kappa shape index (κ3) is 7.51. The lowest BCUT2D eigenvalue weighted by atomic mass is 10.0. The molecule has 0 radical (unpaired) electrons. The molecular formula is C19H33O5PS. The standard InChI is InChI=1S/C19H33O5PS/c1-5-9-10-17(6-2)16-26(21,22)19-13-11-18(12-14-19)15-25(20,23-7-3)24-8-4/h11-14,17H,5-10,15-16H2,1-4H3. The van der Waals surface area contributed by atoms with E-state index >= 15 is 0 Å². The molecule has 1 rings (SSSR count). The fourth-order valence-corrected chi connectivity index (χ4v) is 6.32. The SMILES string of the molecule is CCCCC(CC)CS(=O)(=O)c1ccc(CP(=O)(OCC)OCC)cc1. The van der Waals surface area contributed by atoms with Gasteiger partial charge < -0.3 is 9.05 Å². The maximum atomic E-state index is 12.7. The summed E-state index contributed by atoms with van der Waals surface area (Å²) in [6.45, 7) is 8.30. The van der Waals surface area contributed by atoms with Crippen molar-refractivity contribution < 1.29 is 22.0 Å². The molecular weight excluding hydrogens is 371 g/mol. The zero-order valence-electron chi connectivity index (χ0n) is 16.4. The molecule has 1 aromatic carbocycles. The molecule has 1 aromatic rings. The second-order valence-corrected chi connectivity index (χ2v) is 10.5. The molecule has 0 aliphatic heterocycles. The molecule has 0 aliphatic carbocycles.